The summed E-state index contributed by atoms with van der Waals surface area (Å²) < 4.78 is 5.13. The van der Waals surface area contributed by atoms with Crippen LogP contribution in [0.15, 0.2) is 146 Å². The summed E-state index contributed by atoms with van der Waals surface area (Å²) in [6, 6.07) is 50.0. The molecule has 0 saturated carbocycles. The van der Waals surface area contributed by atoms with Crippen molar-refractivity contribution in [2.75, 3.05) is 7.11 Å². The van der Waals surface area contributed by atoms with Crippen LogP contribution in [0, 0.1) is 0 Å². The first kappa shape index (κ1) is 28.2. The van der Waals surface area contributed by atoms with Crippen molar-refractivity contribution < 1.29 is 14.3 Å². The Kier molecular flexibility index (Phi) is 7.44. The summed E-state index contributed by atoms with van der Waals surface area (Å²) >= 11 is 0. The van der Waals surface area contributed by atoms with Crippen molar-refractivity contribution in [3.8, 4) is 22.3 Å². The fraction of sp³-hybridized carbons (Fsp3) is 0.0952. The predicted molar refractivity (Wildman–Crippen MR) is 180 cm³/mol. The fourth-order valence-electron chi connectivity index (χ4n) is 6.92. The molecule has 0 radical (unpaired) electrons. The number of methoxy groups -OCH3 is 1. The molecule has 0 saturated heterocycles. The number of carbonyl (C=O) groups is 2. The molecule has 6 aromatic carbocycles. The van der Waals surface area contributed by atoms with Gasteiger partial charge in [0.25, 0.3) is 0 Å². The second-order valence-corrected chi connectivity index (χ2v) is 11.5. The molecule has 2 unspecified atom stereocenters. The topological polar surface area (TPSA) is 43.4 Å². The second-order valence-electron chi connectivity index (χ2n) is 11.5. The highest BCUT2D eigenvalue weighted by Gasteiger charge is 2.35. The number of fused-ring (bicyclic) bond motifs is 2. The van der Waals surface area contributed by atoms with Crippen LogP contribution in [0.3, 0.4) is 0 Å². The van der Waals surface area contributed by atoms with Crippen LogP contribution >= 0.6 is 0 Å². The van der Waals surface area contributed by atoms with Crippen LogP contribution in [-0.2, 0) is 4.74 Å². The van der Waals surface area contributed by atoms with E-state index in [1.807, 2.05) is 60.7 Å². The van der Waals surface area contributed by atoms with Crippen LogP contribution in [0.5, 0.6) is 0 Å². The average Bonchev–Trinajstić information content (AvgIpc) is 3.10. The molecule has 7 rings (SSSR count). The van der Waals surface area contributed by atoms with E-state index in [1.54, 1.807) is 6.92 Å². The third kappa shape index (κ3) is 5.07. The summed E-state index contributed by atoms with van der Waals surface area (Å²) in [5, 5.41) is 0. The monoisotopic (exact) mass is 584 g/mol. The minimum atomic E-state index is -0.353. The van der Waals surface area contributed by atoms with Gasteiger partial charge in [-0.3, -0.25) is 4.79 Å². The van der Waals surface area contributed by atoms with Crippen molar-refractivity contribution in [3.05, 3.63) is 190 Å². The van der Waals surface area contributed by atoms with Crippen molar-refractivity contribution in [2.45, 2.75) is 18.8 Å². The fourth-order valence-corrected chi connectivity index (χ4v) is 6.92. The summed E-state index contributed by atoms with van der Waals surface area (Å²) in [6.07, 6.45) is 0. The zero-order valence-corrected chi connectivity index (χ0v) is 25.2. The summed E-state index contributed by atoms with van der Waals surface area (Å²) in [6.45, 7) is 1.63. The van der Waals surface area contributed by atoms with E-state index in [4.69, 9.17) is 4.74 Å². The summed E-state index contributed by atoms with van der Waals surface area (Å²) in [5.74, 6) is -0.354. The number of hydrogen-bond donors (Lipinski definition) is 0. The van der Waals surface area contributed by atoms with E-state index < -0.39 is 0 Å². The second kappa shape index (κ2) is 11.9. The van der Waals surface area contributed by atoms with Gasteiger partial charge in [-0.1, -0.05) is 127 Å². The summed E-state index contributed by atoms with van der Waals surface area (Å²) in [7, 11) is 1.42. The van der Waals surface area contributed by atoms with Crippen LogP contribution in [-0.4, -0.2) is 18.9 Å². The normalized spacial score (nSPS) is 15.1. The van der Waals surface area contributed by atoms with E-state index in [2.05, 4.69) is 84.9 Å². The maximum absolute atomic E-state index is 12.8. The molecule has 0 fully saturated rings. The lowest BCUT2D eigenvalue weighted by molar-refractivity contribution is 0.0601. The number of ether oxygens (including phenoxy) is 1. The van der Waals surface area contributed by atoms with Crippen molar-refractivity contribution >= 4 is 11.8 Å². The molecule has 1 aliphatic rings. The number of carbonyl (C=O) groups excluding carboxylic acids is 2. The molecule has 1 aliphatic carbocycles. The lowest BCUT2D eigenvalue weighted by atomic mass is 9.67. The Morgan fingerprint density at radius 2 is 0.911 bits per heavy atom. The van der Waals surface area contributed by atoms with E-state index in [0.29, 0.717) is 5.56 Å². The molecule has 0 bridgehead atoms. The molecule has 0 aromatic heterocycles. The van der Waals surface area contributed by atoms with Gasteiger partial charge in [0.05, 0.1) is 12.7 Å². The van der Waals surface area contributed by atoms with Gasteiger partial charge >= 0.3 is 5.97 Å². The predicted octanol–water partition coefficient (Wildman–Crippen LogP) is 9.68. The van der Waals surface area contributed by atoms with Gasteiger partial charge < -0.3 is 4.74 Å². The van der Waals surface area contributed by atoms with Crippen molar-refractivity contribution in [3.63, 3.8) is 0 Å². The number of Topliss-reactive ketones (excluding diaryl/α,β-unsaturated/α-hetero) is 1. The van der Waals surface area contributed by atoms with E-state index in [-0.39, 0.29) is 23.6 Å². The molecule has 3 heteroatoms. The molecule has 0 spiro atoms. The Labute approximate surface area is 263 Å². The molecule has 0 heterocycles. The summed E-state index contributed by atoms with van der Waals surface area (Å²) in [4.78, 5) is 25.4. The molecule has 218 valence electrons. The molecule has 2 atom stereocenters. The zero-order chi connectivity index (χ0) is 30.9. The SMILES string of the molecule is COC(=O)c1ccccc1-c1ccc2c(c1)C(c1ccccc1)c1ccc(-c3ccccc3C(C)=O)cc1C2c1ccccc1. The standard InChI is InChI=1S/C42H32O3/c1-27(43)32-17-9-10-18-33(32)30-21-23-35-38(25-30)40(28-13-5-3-6-14-28)36-24-22-31(34-19-11-12-20-37(34)42(44)45-2)26-39(36)41(35)29-15-7-4-8-16-29/h3-26,40-41H,1-2H3. The largest absolute Gasteiger partial charge is 0.465 e. The van der Waals surface area contributed by atoms with Gasteiger partial charge in [0, 0.05) is 17.4 Å². The average molecular weight is 585 g/mol. The van der Waals surface area contributed by atoms with E-state index in [0.717, 1.165) is 27.8 Å². The van der Waals surface area contributed by atoms with Gasteiger partial charge in [-0.25, -0.2) is 4.79 Å². The lowest BCUT2D eigenvalue weighted by Gasteiger charge is -2.36. The number of ketones is 1. The molecule has 0 amide bonds. The highest BCUT2D eigenvalue weighted by molar-refractivity contribution is 6.01. The first-order valence-corrected chi connectivity index (χ1v) is 15.2. The highest BCUT2D eigenvalue weighted by Crippen LogP contribution is 2.50. The van der Waals surface area contributed by atoms with Crippen molar-refractivity contribution in [1.82, 2.24) is 0 Å². The number of benzene rings is 6. The van der Waals surface area contributed by atoms with Crippen LogP contribution in [0.1, 0.15) is 72.9 Å². The molecule has 0 aliphatic heterocycles. The third-order valence-corrected chi connectivity index (χ3v) is 8.94. The van der Waals surface area contributed by atoms with Crippen LogP contribution < -0.4 is 0 Å². The van der Waals surface area contributed by atoms with E-state index in [1.165, 1.54) is 40.5 Å². The maximum Gasteiger partial charge on any atom is 0.338 e. The van der Waals surface area contributed by atoms with E-state index in [9.17, 15) is 9.59 Å². The Balaban J connectivity index is 1.50. The first-order chi connectivity index (χ1) is 22.0. The van der Waals surface area contributed by atoms with Gasteiger partial charge in [-0.15, -0.1) is 0 Å². The minimum Gasteiger partial charge on any atom is -0.465 e. The number of esters is 1. The van der Waals surface area contributed by atoms with Gasteiger partial charge in [-0.05, 0) is 80.8 Å². The Morgan fingerprint density at radius 3 is 1.38 bits per heavy atom. The van der Waals surface area contributed by atoms with Crippen LogP contribution in [0.4, 0.5) is 0 Å². The molecular formula is C42H32O3. The Bertz CT molecular complexity index is 2040. The highest BCUT2D eigenvalue weighted by atomic mass is 16.5. The molecule has 45 heavy (non-hydrogen) atoms. The summed E-state index contributed by atoms with van der Waals surface area (Å²) in [5.41, 5.74) is 12.3. The van der Waals surface area contributed by atoms with Crippen molar-refractivity contribution in [1.29, 1.82) is 0 Å². The molecule has 3 nitrogen and oxygen atoms in total. The maximum atomic E-state index is 12.8. The zero-order valence-electron chi connectivity index (χ0n) is 25.2. The van der Waals surface area contributed by atoms with E-state index >= 15 is 0 Å². The number of hydrogen-bond acceptors (Lipinski definition) is 3. The number of rotatable bonds is 6. The van der Waals surface area contributed by atoms with Gasteiger partial charge in [0.1, 0.15) is 0 Å². The molecule has 0 N–H and O–H groups in total. The smallest absolute Gasteiger partial charge is 0.338 e. The third-order valence-electron chi connectivity index (χ3n) is 8.94. The minimum absolute atomic E-state index is 0.0227. The quantitative estimate of drug-likeness (QED) is 0.144. The van der Waals surface area contributed by atoms with Gasteiger partial charge in [0.2, 0.25) is 0 Å². The lowest BCUT2D eigenvalue weighted by Crippen LogP contribution is -2.20. The Morgan fingerprint density at radius 1 is 0.489 bits per heavy atom. The molecule has 6 aromatic rings. The van der Waals surface area contributed by atoms with Gasteiger partial charge in [-0.2, -0.15) is 0 Å². The van der Waals surface area contributed by atoms with Crippen LogP contribution in [0.2, 0.25) is 0 Å². The first-order valence-electron chi connectivity index (χ1n) is 15.2. The van der Waals surface area contributed by atoms with Crippen LogP contribution in [0.25, 0.3) is 22.3 Å². The Hall–Kier alpha value is -5.54. The molecular weight excluding hydrogens is 552 g/mol. The van der Waals surface area contributed by atoms with Crippen molar-refractivity contribution in [2.24, 2.45) is 0 Å². The van der Waals surface area contributed by atoms with Gasteiger partial charge in [0.15, 0.2) is 5.78 Å².